The van der Waals surface area contributed by atoms with Crippen LogP contribution >= 0.6 is 0 Å². The molecule has 0 unspecified atom stereocenters. The highest BCUT2D eigenvalue weighted by Crippen LogP contribution is 2.18. The fraction of sp³-hybridized carbons (Fsp3) is 0.750. The fourth-order valence-electron chi connectivity index (χ4n) is 1.68. The van der Waals surface area contributed by atoms with E-state index in [0.717, 1.165) is 0 Å². The van der Waals surface area contributed by atoms with Crippen LogP contribution in [-0.2, 0) is 28.8 Å². The molecule has 0 heterocycles. The third-order valence-corrected chi connectivity index (χ3v) is 3.79. The first kappa shape index (κ1) is 32.7. The molecular formula is C24H42O6. The third kappa shape index (κ3) is 19.3. The van der Waals surface area contributed by atoms with E-state index in [1.165, 1.54) is 20.8 Å². The molecule has 0 rings (SSSR count). The maximum atomic E-state index is 11.2. The van der Waals surface area contributed by atoms with Gasteiger partial charge in [-0.3, -0.25) is 24.0 Å². The molecule has 0 aromatic rings. The molecule has 0 aliphatic rings. The average Bonchev–Trinajstić information content (AvgIpc) is 2.49. The standard InChI is InChI=1S/C9H16O2.C8H14O2.C7H12O2/c1-7(10)5-6-8(11)9(2,3)4;1-6(9)5-7(10)8(2,3)4;1-5(8)6(9)7(2,3)4/h5-6H2,1-4H3;5H2,1-4H3;1-4H3. The minimum Gasteiger partial charge on any atom is -0.300 e. The van der Waals surface area contributed by atoms with Crippen LogP contribution < -0.4 is 0 Å². The summed E-state index contributed by atoms with van der Waals surface area (Å²) in [5.41, 5.74) is -1.17. The highest BCUT2D eigenvalue weighted by molar-refractivity contribution is 6.37. The molecule has 174 valence electrons. The van der Waals surface area contributed by atoms with E-state index in [0.29, 0.717) is 12.8 Å². The Labute approximate surface area is 182 Å². The quantitative estimate of drug-likeness (QED) is 0.449. The van der Waals surface area contributed by atoms with Gasteiger partial charge in [-0.1, -0.05) is 62.3 Å². The largest absolute Gasteiger partial charge is 0.300 e. The maximum absolute atomic E-state index is 11.2. The van der Waals surface area contributed by atoms with Crippen molar-refractivity contribution in [2.75, 3.05) is 0 Å². The smallest absolute Gasteiger partial charge is 0.203 e. The zero-order chi connectivity index (χ0) is 25.1. The summed E-state index contributed by atoms with van der Waals surface area (Å²) in [4.78, 5) is 64.5. The summed E-state index contributed by atoms with van der Waals surface area (Å²) in [5, 5.41) is 0. The van der Waals surface area contributed by atoms with Crippen LogP contribution in [0, 0.1) is 16.2 Å². The molecule has 30 heavy (non-hydrogen) atoms. The van der Waals surface area contributed by atoms with Gasteiger partial charge in [-0.15, -0.1) is 0 Å². The van der Waals surface area contributed by atoms with Crippen LogP contribution in [0.15, 0.2) is 0 Å². The van der Waals surface area contributed by atoms with Crippen LogP contribution in [0.4, 0.5) is 0 Å². The average molecular weight is 427 g/mol. The monoisotopic (exact) mass is 426 g/mol. The van der Waals surface area contributed by atoms with Gasteiger partial charge in [-0.2, -0.15) is 0 Å². The maximum Gasteiger partial charge on any atom is 0.203 e. The Hall–Kier alpha value is -1.98. The SMILES string of the molecule is CC(=O)C(=O)C(C)(C)C.CC(=O)CC(=O)C(C)(C)C.CC(=O)CCC(=O)C(C)(C)C. The number of Topliss-reactive ketones (excluding diaryl/α,β-unsaturated/α-hetero) is 6. The number of carbonyl (C=O) groups excluding carboxylic acids is 6. The van der Waals surface area contributed by atoms with E-state index >= 15 is 0 Å². The van der Waals surface area contributed by atoms with Crippen molar-refractivity contribution in [3.8, 4) is 0 Å². The molecule has 0 aromatic heterocycles. The third-order valence-electron chi connectivity index (χ3n) is 3.79. The van der Waals surface area contributed by atoms with Crippen molar-refractivity contribution < 1.29 is 28.8 Å². The molecule has 6 heteroatoms. The summed E-state index contributed by atoms with van der Waals surface area (Å²) in [5.74, 6) is -0.458. The molecule has 0 amide bonds. The summed E-state index contributed by atoms with van der Waals surface area (Å²) in [7, 11) is 0. The van der Waals surface area contributed by atoms with E-state index in [9.17, 15) is 28.8 Å². The zero-order valence-corrected chi connectivity index (χ0v) is 21.1. The number of rotatable bonds is 6. The lowest BCUT2D eigenvalue weighted by atomic mass is 9.88. The van der Waals surface area contributed by atoms with Crippen LogP contribution in [0.25, 0.3) is 0 Å². The van der Waals surface area contributed by atoms with Gasteiger partial charge >= 0.3 is 0 Å². The second kappa shape index (κ2) is 13.3. The molecule has 6 nitrogen and oxygen atoms in total. The van der Waals surface area contributed by atoms with Crippen molar-refractivity contribution in [2.45, 2.75) is 102 Å². The van der Waals surface area contributed by atoms with Crippen molar-refractivity contribution >= 4 is 34.7 Å². The van der Waals surface area contributed by atoms with Gasteiger partial charge < -0.3 is 4.79 Å². The van der Waals surface area contributed by atoms with Gasteiger partial charge in [-0.25, -0.2) is 0 Å². The first-order chi connectivity index (χ1) is 13.0. The molecule has 0 aliphatic heterocycles. The van der Waals surface area contributed by atoms with Gasteiger partial charge in [0.15, 0.2) is 5.78 Å². The van der Waals surface area contributed by atoms with E-state index < -0.39 is 5.41 Å². The van der Waals surface area contributed by atoms with Crippen molar-refractivity contribution in [3.05, 3.63) is 0 Å². The first-order valence-electron chi connectivity index (χ1n) is 10.1. The fourth-order valence-corrected chi connectivity index (χ4v) is 1.68. The van der Waals surface area contributed by atoms with Crippen LogP contribution in [0.5, 0.6) is 0 Å². The second-order valence-electron chi connectivity index (χ2n) is 10.6. The molecule has 0 fully saturated rings. The molecule has 0 bridgehead atoms. The van der Waals surface area contributed by atoms with E-state index in [-0.39, 0.29) is 52.0 Å². The van der Waals surface area contributed by atoms with Crippen molar-refractivity contribution in [2.24, 2.45) is 16.2 Å². The summed E-state index contributed by atoms with van der Waals surface area (Å²) < 4.78 is 0. The Morgan fingerprint density at radius 3 is 1.00 bits per heavy atom. The molecule has 0 atom stereocenters. The lowest BCUT2D eigenvalue weighted by molar-refractivity contribution is -0.140. The summed E-state index contributed by atoms with van der Waals surface area (Å²) in [6, 6.07) is 0. The Morgan fingerprint density at radius 1 is 0.500 bits per heavy atom. The van der Waals surface area contributed by atoms with Gasteiger partial charge in [0.05, 0.1) is 6.42 Å². The van der Waals surface area contributed by atoms with E-state index in [1.807, 2.05) is 41.5 Å². The van der Waals surface area contributed by atoms with Crippen LogP contribution in [-0.4, -0.2) is 34.7 Å². The summed E-state index contributed by atoms with van der Waals surface area (Å²) in [6.07, 6.45) is 0.846. The lowest BCUT2D eigenvalue weighted by Crippen LogP contribution is -2.26. The molecule has 0 saturated carbocycles. The van der Waals surface area contributed by atoms with Gasteiger partial charge in [0, 0.05) is 36.0 Å². The Bertz CT molecular complexity index is 634. The molecular weight excluding hydrogens is 384 g/mol. The molecule has 0 spiro atoms. The predicted octanol–water partition coefficient (Wildman–Crippen LogP) is 4.74. The van der Waals surface area contributed by atoms with Crippen LogP contribution in [0.2, 0.25) is 0 Å². The number of carbonyl (C=O) groups is 6. The van der Waals surface area contributed by atoms with Gasteiger partial charge in [-0.05, 0) is 13.8 Å². The molecule has 0 aromatic carbocycles. The second-order valence-corrected chi connectivity index (χ2v) is 10.6. The van der Waals surface area contributed by atoms with E-state index in [2.05, 4.69) is 0 Å². The molecule has 0 saturated heterocycles. The molecule has 0 N–H and O–H groups in total. The van der Waals surface area contributed by atoms with E-state index in [4.69, 9.17) is 0 Å². The highest BCUT2D eigenvalue weighted by Gasteiger charge is 2.24. The van der Waals surface area contributed by atoms with Crippen molar-refractivity contribution in [3.63, 3.8) is 0 Å². The Kier molecular flexibility index (Phi) is 14.5. The van der Waals surface area contributed by atoms with Crippen LogP contribution in [0.3, 0.4) is 0 Å². The zero-order valence-electron chi connectivity index (χ0n) is 21.1. The van der Waals surface area contributed by atoms with Crippen molar-refractivity contribution in [1.29, 1.82) is 0 Å². The molecule has 0 radical (unpaired) electrons. The van der Waals surface area contributed by atoms with Gasteiger partial charge in [0.1, 0.15) is 23.1 Å². The Morgan fingerprint density at radius 2 is 0.867 bits per heavy atom. The summed E-state index contributed by atoms with van der Waals surface area (Å²) in [6.45, 7) is 20.5. The van der Waals surface area contributed by atoms with Gasteiger partial charge in [0.25, 0.3) is 0 Å². The number of hydrogen-bond donors (Lipinski definition) is 0. The first-order valence-corrected chi connectivity index (χ1v) is 10.1. The topological polar surface area (TPSA) is 102 Å². The Balaban J connectivity index is -0.000000366. The normalized spacial score (nSPS) is 11.2. The van der Waals surface area contributed by atoms with Crippen LogP contribution in [0.1, 0.15) is 102 Å². The minimum absolute atomic E-state index is 0.0139. The van der Waals surface area contributed by atoms with Crippen molar-refractivity contribution in [1.82, 2.24) is 0 Å². The highest BCUT2D eigenvalue weighted by atomic mass is 16.2. The van der Waals surface area contributed by atoms with E-state index in [1.54, 1.807) is 20.8 Å². The molecule has 0 aliphatic carbocycles. The lowest BCUT2D eigenvalue weighted by Gasteiger charge is -2.15. The number of hydrogen-bond acceptors (Lipinski definition) is 6. The predicted molar refractivity (Wildman–Crippen MR) is 119 cm³/mol. The number of ketones is 6. The van der Waals surface area contributed by atoms with Gasteiger partial charge in [0.2, 0.25) is 5.78 Å². The summed E-state index contributed by atoms with van der Waals surface area (Å²) >= 11 is 0. The minimum atomic E-state index is -0.508.